The van der Waals surface area contributed by atoms with Crippen molar-refractivity contribution in [1.29, 1.82) is 10.5 Å². The first-order chi connectivity index (χ1) is 10.7. The zero-order valence-electron chi connectivity index (χ0n) is 11.0. The molecule has 0 aliphatic heterocycles. The normalized spacial score (nSPS) is 12.9. The van der Waals surface area contributed by atoms with Crippen molar-refractivity contribution in [3.8, 4) is 23.4 Å². The predicted molar refractivity (Wildman–Crippen MR) is 82.5 cm³/mol. The molecule has 22 heavy (non-hydrogen) atoms. The molecule has 8 heteroatoms. The summed E-state index contributed by atoms with van der Waals surface area (Å²) >= 11 is 4.74. The van der Waals surface area contributed by atoms with Crippen LogP contribution >= 0.6 is 12.2 Å². The Labute approximate surface area is 130 Å². The summed E-state index contributed by atoms with van der Waals surface area (Å²) in [5.74, 6) is 0. The Kier molecular flexibility index (Phi) is 3.22. The second-order valence-electron chi connectivity index (χ2n) is 4.32. The quantitative estimate of drug-likeness (QED) is 0.503. The van der Waals surface area contributed by atoms with Crippen LogP contribution in [0.15, 0.2) is 29.4 Å². The van der Waals surface area contributed by atoms with Gasteiger partial charge in [0.1, 0.15) is 29.2 Å². The number of fused-ring (bicyclic) bond motifs is 3. The van der Waals surface area contributed by atoms with Crippen LogP contribution in [0.2, 0.25) is 0 Å². The van der Waals surface area contributed by atoms with E-state index in [1.54, 1.807) is 0 Å². The summed E-state index contributed by atoms with van der Waals surface area (Å²) in [6, 6.07) is 11.1. The fraction of sp³-hybridized carbons (Fsp3) is 0. The molecule has 0 saturated carbocycles. The van der Waals surface area contributed by atoms with Gasteiger partial charge in [-0.1, -0.05) is 24.3 Å². The SMILES string of the molecule is N#Cc1nc2c(nc1C#N)-c1ccccc1/C2=N\NC(N)=S. The number of nitriles is 2. The monoisotopic (exact) mass is 305 g/mol. The molecular formula is C14H7N7S. The zero-order valence-corrected chi connectivity index (χ0v) is 11.8. The molecule has 0 bridgehead atoms. The van der Waals surface area contributed by atoms with Gasteiger partial charge in [-0.3, -0.25) is 5.43 Å². The van der Waals surface area contributed by atoms with Crippen molar-refractivity contribution in [3.05, 3.63) is 46.9 Å². The second kappa shape index (κ2) is 5.20. The lowest BCUT2D eigenvalue weighted by Gasteiger charge is -2.02. The number of nitrogens with one attached hydrogen (secondary N) is 1. The van der Waals surface area contributed by atoms with Crippen molar-refractivity contribution >= 4 is 23.0 Å². The minimum absolute atomic E-state index is 0.0143. The Hall–Kier alpha value is -3.36. The van der Waals surface area contributed by atoms with E-state index < -0.39 is 0 Å². The van der Waals surface area contributed by atoms with Gasteiger partial charge in [0.25, 0.3) is 0 Å². The van der Waals surface area contributed by atoms with Gasteiger partial charge in [0.15, 0.2) is 16.5 Å². The van der Waals surface area contributed by atoms with Gasteiger partial charge in [-0.05, 0) is 12.2 Å². The number of nitrogens with zero attached hydrogens (tertiary/aromatic N) is 5. The number of rotatable bonds is 1. The lowest BCUT2D eigenvalue weighted by molar-refractivity contribution is 1.03. The highest BCUT2D eigenvalue weighted by Crippen LogP contribution is 2.34. The summed E-state index contributed by atoms with van der Waals surface area (Å²) in [5, 5.41) is 22.3. The van der Waals surface area contributed by atoms with Gasteiger partial charge in [0, 0.05) is 11.1 Å². The summed E-state index contributed by atoms with van der Waals surface area (Å²) in [5.41, 5.74) is 10.8. The van der Waals surface area contributed by atoms with E-state index in [9.17, 15) is 0 Å². The molecule has 0 radical (unpaired) electrons. The van der Waals surface area contributed by atoms with E-state index in [4.69, 9.17) is 28.5 Å². The van der Waals surface area contributed by atoms with Crippen LogP contribution in [0.25, 0.3) is 11.3 Å². The average Bonchev–Trinajstić information content (AvgIpc) is 2.84. The van der Waals surface area contributed by atoms with Gasteiger partial charge in [-0.2, -0.15) is 15.6 Å². The third-order valence-electron chi connectivity index (χ3n) is 3.05. The molecule has 1 aromatic heterocycles. The molecule has 1 aliphatic rings. The van der Waals surface area contributed by atoms with Crippen molar-refractivity contribution in [2.75, 3.05) is 0 Å². The molecule has 3 N–H and O–H groups in total. The summed E-state index contributed by atoms with van der Waals surface area (Å²) in [6.45, 7) is 0. The van der Waals surface area contributed by atoms with Crippen molar-refractivity contribution in [2.24, 2.45) is 10.8 Å². The molecule has 7 nitrogen and oxygen atoms in total. The molecule has 1 aliphatic carbocycles. The molecule has 0 saturated heterocycles. The zero-order chi connectivity index (χ0) is 15.7. The summed E-state index contributed by atoms with van der Waals surface area (Å²) in [4.78, 5) is 8.46. The van der Waals surface area contributed by atoms with E-state index in [0.717, 1.165) is 11.1 Å². The van der Waals surface area contributed by atoms with Gasteiger partial charge in [0.2, 0.25) is 0 Å². The van der Waals surface area contributed by atoms with Crippen molar-refractivity contribution in [3.63, 3.8) is 0 Å². The molecular weight excluding hydrogens is 298 g/mol. The summed E-state index contributed by atoms with van der Waals surface area (Å²) < 4.78 is 0. The minimum atomic E-state index is -0.0444. The van der Waals surface area contributed by atoms with Crippen molar-refractivity contribution in [1.82, 2.24) is 15.4 Å². The maximum Gasteiger partial charge on any atom is 0.184 e. The van der Waals surface area contributed by atoms with Crippen LogP contribution in [0.3, 0.4) is 0 Å². The number of nitrogens with two attached hydrogens (primary N) is 1. The number of hydrogen-bond acceptors (Lipinski definition) is 6. The Morgan fingerprint density at radius 3 is 2.27 bits per heavy atom. The molecule has 104 valence electrons. The van der Waals surface area contributed by atoms with Crippen LogP contribution in [-0.4, -0.2) is 20.8 Å². The van der Waals surface area contributed by atoms with Crippen molar-refractivity contribution < 1.29 is 0 Å². The molecule has 2 aromatic rings. The highest BCUT2D eigenvalue weighted by atomic mass is 32.1. The van der Waals surface area contributed by atoms with Gasteiger partial charge < -0.3 is 5.73 Å². The Bertz CT molecular complexity index is 918. The second-order valence-corrected chi connectivity index (χ2v) is 4.76. The molecule has 1 heterocycles. The first kappa shape index (κ1) is 13.6. The van der Waals surface area contributed by atoms with Gasteiger partial charge in [-0.15, -0.1) is 0 Å². The third kappa shape index (κ3) is 2.04. The Morgan fingerprint density at radius 1 is 1.09 bits per heavy atom. The molecule has 0 spiro atoms. The first-order valence-electron chi connectivity index (χ1n) is 6.11. The Morgan fingerprint density at radius 2 is 1.68 bits per heavy atom. The van der Waals surface area contributed by atoms with E-state index >= 15 is 0 Å². The highest BCUT2D eigenvalue weighted by Gasteiger charge is 2.29. The summed E-state index contributed by atoms with van der Waals surface area (Å²) in [6.07, 6.45) is 0. The topological polar surface area (TPSA) is 124 Å². The van der Waals surface area contributed by atoms with Crippen LogP contribution in [0, 0.1) is 22.7 Å². The van der Waals surface area contributed by atoms with Crippen LogP contribution in [0.5, 0.6) is 0 Å². The van der Waals surface area contributed by atoms with E-state index in [0.29, 0.717) is 17.1 Å². The van der Waals surface area contributed by atoms with Gasteiger partial charge in [0.05, 0.1) is 0 Å². The minimum Gasteiger partial charge on any atom is -0.375 e. The number of aromatic nitrogens is 2. The van der Waals surface area contributed by atoms with Crippen LogP contribution in [0.1, 0.15) is 22.6 Å². The molecule has 0 unspecified atom stereocenters. The standard InChI is InChI=1S/C14H7N7S/c15-5-9-10(6-16)19-13-11(18-9)7-3-1-2-4-8(7)12(13)20-21-14(17)22/h1-4H,(H3,17,21,22)/b20-12+. The molecule has 0 atom stereocenters. The van der Waals surface area contributed by atoms with E-state index in [1.165, 1.54) is 0 Å². The van der Waals surface area contributed by atoms with Gasteiger partial charge in [-0.25, -0.2) is 9.97 Å². The number of hydrogen-bond donors (Lipinski definition) is 2. The van der Waals surface area contributed by atoms with Crippen molar-refractivity contribution in [2.45, 2.75) is 0 Å². The van der Waals surface area contributed by atoms with Crippen LogP contribution in [0.4, 0.5) is 0 Å². The molecule has 1 aromatic carbocycles. The van der Waals surface area contributed by atoms with E-state index in [1.807, 2.05) is 36.4 Å². The maximum absolute atomic E-state index is 9.10. The largest absolute Gasteiger partial charge is 0.375 e. The number of benzene rings is 1. The fourth-order valence-corrected chi connectivity index (χ4v) is 2.24. The predicted octanol–water partition coefficient (Wildman–Crippen LogP) is 0.786. The van der Waals surface area contributed by atoms with E-state index in [-0.39, 0.29) is 16.5 Å². The number of thiocarbonyl (C=S) groups is 1. The first-order valence-corrected chi connectivity index (χ1v) is 6.52. The van der Waals surface area contributed by atoms with Gasteiger partial charge >= 0.3 is 0 Å². The lowest BCUT2D eigenvalue weighted by Crippen LogP contribution is -2.25. The third-order valence-corrected chi connectivity index (χ3v) is 3.14. The van der Waals surface area contributed by atoms with E-state index in [2.05, 4.69) is 20.5 Å². The van der Waals surface area contributed by atoms with Crippen LogP contribution < -0.4 is 11.2 Å². The highest BCUT2D eigenvalue weighted by molar-refractivity contribution is 7.80. The lowest BCUT2D eigenvalue weighted by atomic mass is 10.1. The molecule has 3 rings (SSSR count). The number of hydrazone groups is 1. The smallest absolute Gasteiger partial charge is 0.184 e. The maximum atomic E-state index is 9.10. The molecule has 0 fully saturated rings. The molecule has 0 amide bonds. The Balaban J connectivity index is 2.30. The fourth-order valence-electron chi connectivity index (χ4n) is 2.19. The van der Waals surface area contributed by atoms with Crippen LogP contribution in [-0.2, 0) is 0 Å². The summed E-state index contributed by atoms with van der Waals surface area (Å²) in [7, 11) is 0. The average molecular weight is 305 g/mol.